The van der Waals surface area contributed by atoms with Crippen LogP contribution < -0.4 is 11.5 Å². The first-order valence-corrected chi connectivity index (χ1v) is 12.0. The van der Waals surface area contributed by atoms with Gasteiger partial charge in [0.15, 0.2) is 0 Å². The molecule has 3 aromatic rings. The fourth-order valence-corrected chi connectivity index (χ4v) is 4.88. The minimum absolute atomic E-state index is 0.0822. The van der Waals surface area contributed by atoms with Crippen LogP contribution in [0.5, 0.6) is 0 Å². The third-order valence-electron chi connectivity index (χ3n) is 4.91. The van der Waals surface area contributed by atoms with Crippen molar-refractivity contribution in [2.24, 2.45) is 17.4 Å². The summed E-state index contributed by atoms with van der Waals surface area (Å²) in [7, 11) is 0. The molecule has 4 N–H and O–H groups in total. The van der Waals surface area contributed by atoms with Gasteiger partial charge in [0.05, 0.1) is 6.04 Å². The van der Waals surface area contributed by atoms with Gasteiger partial charge >= 0.3 is 0 Å². The van der Waals surface area contributed by atoms with Crippen LogP contribution in [0.15, 0.2) is 59.4 Å². The maximum atomic E-state index is 6.22. The van der Waals surface area contributed by atoms with Crippen LogP contribution in [-0.4, -0.2) is 4.98 Å². The van der Waals surface area contributed by atoms with Crippen molar-refractivity contribution in [3.63, 3.8) is 0 Å². The van der Waals surface area contributed by atoms with Crippen molar-refractivity contribution < 1.29 is 0 Å². The summed E-state index contributed by atoms with van der Waals surface area (Å²) in [6.07, 6.45) is 8.61. The Kier molecular flexibility index (Phi) is 10.4. The van der Waals surface area contributed by atoms with E-state index in [0.29, 0.717) is 6.04 Å². The molecule has 1 aliphatic rings. The van der Waals surface area contributed by atoms with Crippen molar-refractivity contribution in [3.8, 4) is 0 Å². The minimum Gasteiger partial charge on any atom is -0.323 e. The molecule has 4 rings (SSSR count). The number of thiazole rings is 1. The van der Waals surface area contributed by atoms with Gasteiger partial charge in [0.2, 0.25) is 0 Å². The largest absolute Gasteiger partial charge is 0.323 e. The van der Waals surface area contributed by atoms with Gasteiger partial charge in [0.1, 0.15) is 5.01 Å². The number of benzene rings is 1. The van der Waals surface area contributed by atoms with Crippen LogP contribution in [-0.2, 0) is 0 Å². The molecule has 2 atom stereocenters. The first-order valence-electron chi connectivity index (χ1n) is 10.2. The molecule has 2 aromatic heterocycles. The van der Waals surface area contributed by atoms with Crippen LogP contribution in [0.3, 0.4) is 0 Å². The van der Waals surface area contributed by atoms with Crippen molar-refractivity contribution in [2.45, 2.75) is 58.0 Å². The Morgan fingerprint density at radius 3 is 2.18 bits per heavy atom. The second-order valence-electron chi connectivity index (χ2n) is 6.70. The monoisotopic (exact) mass is 415 g/mol. The zero-order chi connectivity index (χ0) is 20.2. The number of aromatic nitrogens is 1. The summed E-state index contributed by atoms with van der Waals surface area (Å²) in [5.74, 6) is 0.743. The first-order chi connectivity index (χ1) is 13.8. The molecule has 0 radical (unpaired) electrons. The predicted octanol–water partition coefficient (Wildman–Crippen LogP) is 6.55. The standard InChI is InChI=1S/C11H17NS.C10H10N2S.C2H6/c12-11(10-7-4-8-13-10)9-5-2-1-3-6-9;11-9(10-12-6-7-13-10)8-4-2-1-3-5-8;1-2/h4,7-9,11H,1-3,5-6,12H2;1-7,9H,11H2;1-2H3. The molecule has 1 aromatic carbocycles. The van der Waals surface area contributed by atoms with Crippen LogP contribution in [0.25, 0.3) is 0 Å². The number of hydrogen-bond donors (Lipinski definition) is 2. The fourth-order valence-electron chi connectivity index (χ4n) is 3.40. The molecular formula is C23H33N3S2. The highest BCUT2D eigenvalue weighted by Crippen LogP contribution is 2.34. The van der Waals surface area contributed by atoms with Crippen LogP contribution in [0.1, 0.15) is 73.5 Å². The van der Waals surface area contributed by atoms with E-state index in [0.717, 1.165) is 16.5 Å². The molecule has 0 spiro atoms. The van der Waals surface area contributed by atoms with Gasteiger partial charge in [0.25, 0.3) is 0 Å². The van der Waals surface area contributed by atoms with Gasteiger partial charge in [-0.1, -0.05) is 69.5 Å². The van der Waals surface area contributed by atoms with E-state index in [1.807, 2.05) is 49.6 Å². The molecule has 1 saturated carbocycles. The molecule has 5 heteroatoms. The van der Waals surface area contributed by atoms with Crippen molar-refractivity contribution in [1.82, 2.24) is 4.98 Å². The van der Waals surface area contributed by atoms with Crippen molar-refractivity contribution in [1.29, 1.82) is 0 Å². The molecule has 1 aliphatic carbocycles. The minimum atomic E-state index is -0.0822. The van der Waals surface area contributed by atoms with Crippen molar-refractivity contribution in [3.05, 3.63) is 74.9 Å². The summed E-state index contributed by atoms with van der Waals surface area (Å²) >= 11 is 3.39. The number of nitrogens with zero attached hydrogens (tertiary/aromatic N) is 1. The fraction of sp³-hybridized carbons (Fsp3) is 0.435. The normalized spacial score (nSPS) is 16.1. The van der Waals surface area contributed by atoms with E-state index < -0.39 is 0 Å². The van der Waals surface area contributed by atoms with Gasteiger partial charge in [-0.05, 0) is 35.8 Å². The average molecular weight is 416 g/mol. The van der Waals surface area contributed by atoms with Crippen LogP contribution in [0.4, 0.5) is 0 Å². The molecule has 1 fully saturated rings. The first kappa shape index (κ1) is 22.8. The number of thiophene rings is 1. The Hall–Kier alpha value is -1.53. The zero-order valence-electron chi connectivity index (χ0n) is 17.0. The van der Waals surface area contributed by atoms with Gasteiger partial charge in [-0.25, -0.2) is 4.98 Å². The summed E-state index contributed by atoms with van der Waals surface area (Å²) in [4.78, 5) is 5.55. The van der Waals surface area contributed by atoms with E-state index in [1.165, 1.54) is 37.0 Å². The highest BCUT2D eigenvalue weighted by Gasteiger charge is 2.22. The smallest absolute Gasteiger partial charge is 0.114 e. The SMILES string of the molecule is CC.NC(c1ccccc1)c1nccs1.NC(c1cccs1)C1CCCCC1. The summed E-state index contributed by atoms with van der Waals surface area (Å²) < 4.78 is 0. The predicted molar refractivity (Wildman–Crippen MR) is 124 cm³/mol. The Morgan fingerprint density at radius 2 is 1.61 bits per heavy atom. The maximum absolute atomic E-state index is 6.22. The highest BCUT2D eigenvalue weighted by atomic mass is 32.1. The lowest BCUT2D eigenvalue weighted by Gasteiger charge is -2.26. The van der Waals surface area contributed by atoms with Gasteiger partial charge in [-0.3, -0.25) is 0 Å². The molecule has 3 nitrogen and oxygen atoms in total. The molecule has 152 valence electrons. The second kappa shape index (κ2) is 12.8. The molecule has 2 unspecified atom stereocenters. The van der Waals surface area contributed by atoms with E-state index in [4.69, 9.17) is 11.5 Å². The van der Waals surface area contributed by atoms with Gasteiger partial charge in [-0.2, -0.15) is 0 Å². The van der Waals surface area contributed by atoms with E-state index in [-0.39, 0.29) is 6.04 Å². The van der Waals surface area contributed by atoms with Gasteiger partial charge in [-0.15, -0.1) is 22.7 Å². The molecule has 0 saturated heterocycles. The molecule has 0 amide bonds. The van der Waals surface area contributed by atoms with Gasteiger partial charge in [0, 0.05) is 22.5 Å². The van der Waals surface area contributed by atoms with E-state index in [1.54, 1.807) is 28.9 Å². The number of hydrogen-bond acceptors (Lipinski definition) is 5. The Morgan fingerprint density at radius 1 is 0.893 bits per heavy atom. The Labute approximate surface area is 177 Å². The summed E-state index contributed by atoms with van der Waals surface area (Å²) in [6, 6.07) is 14.5. The average Bonchev–Trinajstić information content (AvgIpc) is 3.50. The summed E-state index contributed by atoms with van der Waals surface area (Å²) in [6.45, 7) is 4.00. The molecule has 28 heavy (non-hydrogen) atoms. The lowest BCUT2D eigenvalue weighted by Crippen LogP contribution is -2.22. The van der Waals surface area contributed by atoms with E-state index in [2.05, 4.69) is 22.5 Å². The molecular weight excluding hydrogens is 382 g/mol. The number of rotatable bonds is 4. The lowest BCUT2D eigenvalue weighted by molar-refractivity contribution is 0.311. The van der Waals surface area contributed by atoms with Crippen LogP contribution in [0.2, 0.25) is 0 Å². The van der Waals surface area contributed by atoms with Crippen molar-refractivity contribution in [2.75, 3.05) is 0 Å². The highest BCUT2D eigenvalue weighted by molar-refractivity contribution is 7.10. The summed E-state index contributed by atoms with van der Waals surface area (Å²) in [5, 5.41) is 5.03. The maximum Gasteiger partial charge on any atom is 0.114 e. The lowest BCUT2D eigenvalue weighted by atomic mass is 9.84. The molecule has 0 aliphatic heterocycles. The van der Waals surface area contributed by atoms with Crippen LogP contribution >= 0.6 is 22.7 Å². The molecule has 2 heterocycles. The van der Waals surface area contributed by atoms with Gasteiger partial charge < -0.3 is 11.5 Å². The van der Waals surface area contributed by atoms with Crippen LogP contribution in [0, 0.1) is 5.92 Å². The van der Waals surface area contributed by atoms with E-state index >= 15 is 0 Å². The van der Waals surface area contributed by atoms with E-state index in [9.17, 15) is 0 Å². The Bertz CT molecular complexity index is 721. The quantitative estimate of drug-likeness (QED) is 0.508. The summed E-state index contributed by atoms with van der Waals surface area (Å²) in [5.41, 5.74) is 13.3. The number of nitrogens with two attached hydrogens (primary N) is 2. The second-order valence-corrected chi connectivity index (χ2v) is 8.60. The third-order valence-corrected chi connectivity index (χ3v) is 6.74. The zero-order valence-corrected chi connectivity index (χ0v) is 18.6. The topological polar surface area (TPSA) is 64.9 Å². The Balaban J connectivity index is 0.000000184. The van der Waals surface area contributed by atoms with Crippen molar-refractivity contribution >= 4 is 22.7 Å². The molecule has 0 bridgehead atoms. The third kappa shape index (κ3) is 6.82.